The third kappa shape index (κ3) is 12.0. The van der Waals surface area contributed by atoms with Crippen molar-refractivity contribution < 1.29 is 8.97 Å². The quantitative estimate of drug-likeness (QED) is 0.113. The van der Waals surface area contributed by atoms with Crippen molar-refractivity contribution in [2.45, 2.75) is 118 Å². The highest BCUT2D eigenvalue weighted by Gasteiger charge is 2.22. The molecule has 0 bridgehead atoms. The van der Waals surface area contributed by atoms with Crippen LogP contribution in [0.4, 0.5) is 0 Å². The average Bonchev–Trinajstić information content (AvgIpc) is 2.92. The molecule has 2 aromatic carbocycles. The Labute approximate surface area is 237 Å². The van der Waals surface area contributed by atoms with Crippen LogP contribution in [0.1, 0.15) is 116 Å². The Morgan fingerprint density at radius 1 is 0.395 bits per heavy atom. The van der Waals surface area contributed by atoms with Crippen molar-refractivity contribution in [3.8, 4) is 11.1 Å². The van der Waals surface area contributed by atoms with Crippen LogP contribution in [0.15, 0.2) is 48.5 Å². The maximum atomic E-state index is 2.48. The van der Waals surface area contributed by atoms with Gasteiger partial charge in [-0.3, -0.25) is 0 Å². The Morgan fingerprint density at radius 3 is 1.03 bits per heavy atom. The van der Waals surface area contributed by atoms with Crippen LogP contribution < -0.4 is 0 Å². The van der Waals surface area contributed by atoms with Gasteiger partial charge < -0.3 is 8.97 Å². The lowest BCUT2D eigenvalue weighted by Gasteiger charge is -2.35. The molecule has 0 aliphatic carbocycles. The molecule has 0 aliphatic rings. The summed E-state index contributed by atoms with van der Waals surface area (Å²) in [6.07, 6.45) is 16.1. The van der Waals surface area contributed by atoms with E-state index in [1.807, 2.05) is 0 Å². The summed E-state index contributed by atoms with van der Waals surface area (Å²) in [5.41, 5.74) is 5.64. The molecule has 0 aromatic heterocycles. The van der Waals surface area contributed by atoms with Gasteiger partial charge in [0.05, 0.1) is 40.3 Å². The van der Waals surface area contributed by atoms with E-state index >= 15 is 0 Å². The molecule has 0 radical (unpaired) electrons. The standard InChI is InChI=1S/C36H62N2/c1-7-11-15-17-29-37(5,27-13-9-3)31-33-19-23-35(24-20-33)36-25-21-34(22-26-36)32-38(6,28-14-10-4)30-18-16-12-8-2/h19-26H,7-18,27-32H2,1-6H3/q+2. The van der Waals surface area contributed by atoms with Gasteiger partial charge in [0.1, 0.15) is 13.1 Å². The molecule has 0 saturated heterocycles. The summed E-state index contributed by atoms with van der Waals surface area (Å²) < 4.78 is 2.36. The Balaban J connectivity index is 2.03. The first-order valence-electron chi connectivity index (χ1n) is 16.2. The first-order valence-corrected chi connectivity index (χ1v) is 16.2. The highest BCUT2D eigenvalue weighted by atomic mass is 15.3. The number of hydrogen-bond acceptors (Lipinski definition) is 0. The van der Waals surface area contributed by atoms with Gasteiger partial charge in [-0.1, -0.05) is 115 Å². The second-order valence-electron chi connectivity index (χ2n) is 12.7. The van der Waals surface area contributed by atoms with Crippen molar-refractivity contribution in [1.29, 1.82) is 0 Å². The number of unbranched alkanes of at least 4 members (excludes halogenated alkanes) is 8. The maximum absolute atomic E-state index is 2.48. The van der Waals surface area contributed by atoms with Crippen molar-refractivity contribution in [3.63, 3.8) is 0 Å². The molecule has 2 aromatic rings. The lowest BCUT2D eigenvalue weighted by atomic mass is 10.0. The van der Waals surface area contributed by atoms with E-state index in [0.29, 0.717) is 0 Å². The predicted molar refractivity (Wildman–Crippen MR) is 169 cm³/mol. The van der Waals surface area contributed by atoms with Gasteiger partial charge in [-0.15, -0.1) is 0 Å². The molecule has 0 saturated carbocycles. The normalized spacial score (nSPS) is 14.8. The second kappa shape index (κ2) is 17.9. The molecule has 214 valence electrons. The summed E-state index contributed by atoms with van der Waals surface area (Å²) in [4.78, 5) is 0. The highest BCUT2D eigenvalue weighted by molar-refractivity contribution is 5.63. The van der Waals surface area contributed by atoms with Crippen molar-refractivity contribution in [3.05, 3.63) is 59.7 Å². The number of benzene rings is 2. The fourth-order valence-corrected chi connectivity index (χ4v) is 5.95. The van der Waals surface area contributed by atoms with E-state index in [1.54, 1.807) is 0 Å². The van der Waals surface area contributed by atoms with Crippen LogP contribution in [0.2, 0.25) is 0 Å². The molecule has 2 heteroatoms. The van der Waals surface area contributed by atoms with E-state index in [1.165, 1.54) is 134 Å². The Kier molecular flexibility index (Phi) is 15.3. The van der Waals surface area contributed by atoms with Gasteiger partial charge in [-0.05, 0) is 49.7 Å². The molecule has 0 N–H and O–H groups in total. The summed E-state index contributed by atoms with van der Waals surface area (Å²) in [5, 5.41) is 0. The SMILES string of the molecule is CCCCCC[N+](C)(CCCC)Cc1ccc(-c2ccc(C[N+](C)(CCCC)CCCCCC)cc2)cc1. The van der Waals surface area contributed by atoms with Crippen molar-refractivity contribution in [1.82, 2.24) is 0 Å². The lowest BCUT2D eigenvalue weighted by Crippen LogP contribution is -2.44. The van der Waals surface area contributed by atoms with Crippen LogP contribution in [-0.2, 0) is 13.1 Å². The van der Waals surface area contributed by atoms with Crippen molar-refractivity contribution in [2.75, 3.05) is 40.3 Å². The van der Waals surface area contributed by atoms with Gasteiger partial charge in [0.15, 0.2) is 0 Å². The van der Waals surface area contributed by atoms with E-state index in [0.717, 1.165) is 13.1 Å². The van der Waals surface area contributed by atoms with Gasteiger partial charge in [0, 0.05) is 11.1 Å². The molecule has 0 amide bonds. The van der Waals surface area contributed by atoms with Gasteiger partial charge >= 0.3 is 0 Å². The predicted octanol–water partition coefficient (Wildman–Crippen LogP) is 10.0. The molecule has 0 fully saturated rings. The fourth-order valence-electron chi connectivity index (χ4n) is 5.95. The number of nitrogens with zero attached hydrogens (tertiary/aromatic N) is 2. The van der Waals surface area contributed by atoms with Gasteiger partial charge in [-0.2, -0.15) is 0 Å². The highest BCUT2D eigenvalue weighted by Crippen LogP contribution is 2.24. The van der Waals surface area contributed by atoms with Gasteiger partial charge in [-0.25, -0.2) is 0 Å². The maximum Gasteiger partial charge on any atom is 0.104 e. The van der Waals surface area contributed by atoms with Gasteiger partial charge in [0.2, 0.25) is 0 Å². The van der Waals surface area contributed by atoms with E-state index in [4.69, 9.17) is 0 Å². The van der Waals surface area contributed by atoms with Crippen LogP contribution in [-0.4, -0.2) is 49.2 Å². The average molecular weight is 523 g/mol. The molecule has 2 rings (SSSR count). The Bertz CT molecular complexity index is 782. The molecule has 0 spiro atoms. The topological polar surface area (TPSA) is 0 Å². The number of rotatable bonds is 21. The molecule has 2 nitrogen and oxygen atoms in total. The summed E-state index contributed by atoms with van der Waals surface area (Å²) >= 11 is 0. The zero-order chi connectivity index (χ0) is 27.7. The first kappa shape index (κ1) is 32.6. The van der Waals surface area contributed by atoms with Crippen LogP contribution in [0.25, 0.3) is 11.1 Å². The largest absolute Gasteiger partial charge is 0.322 e. The fraction of sp³-hybridized carbons (Fsp3) is 0.667. The third-order valence-corrected chi connectivity index (χ3v) is 8.58. The van der Waals surface area contributed by atoms with Crippen molar-refractivity contribution in [2.24, 2.45) is 0 Å². The monoisotopic (exact) mass is 522 g/mol. The third-order valence-electron chi connectivity index (χ3n) is 8.58. The second-order valence-corrected chi connectivity index (χ2v) is 12.7. The minimum atomic E-state index is 1.15. The smallest absolute Gasteiger partial charge is 0.104 e. The first-order chi connectivity index (χ1) is 18.4. The van der Waals surface area contributed by atoms with Crippen LogP contribution >= 0.6 is 0 Å². The zero-order valence-corrected chi connectivity index (χ0v) is 26.2. The van der Waals surface area contributed by atoms with Crippen LogP contribution in [0, 0.1) is 0 Å². The van der Waals surface area contributed by atoms with E-state index < -0.39 is 0 Å². The Morgan fingerprint density at radius 2 is 0.711 bits per heavy atom. The minimum absolute atomic E-state index is 1.15. The molecule has 38 heavy (non-hydrogen) atoms. The van der Waals surface area contributed by atoms with Crippen molar-refractivity contribution >= 4 is 0 Å². The molecule has 0 heterocycles. The summed E-state index contributed by atoms with van der Waals surface area (Å²) in [6, 6.07) is 18.9. The molecule has 0 aliphatic heterocycles. The van der Waals surface area contributed by atoms with E-state index in [-0.39, 0.29) is 0 Å². The Hall–Kier alpha value is -1.64. The van der Waals surface area contributed by atoms with Crippen LogP contribution in [0.5, 0.6) is 0 Å². The molecule has 2 atom stereocenters. The summed E-state index contributed by atoms with van der Waals surface area (Å²) in [5.74, 6) is 0. The minimum Gasteiger partial charge on any atom is -0.322 e. The summed E-state index contributed by atoms with van der Waals surface area (Å²) in [6.45, 7) is 16.7. The molecular weight excluding hydrogens is 460 g/mol. The summed E-state index contributed by atoms with van der Waals surface area (Å²) in [7, 11) is 4.95. The molecule has 2 unspecified atom stereocenters. The number of quaternary nitrogens is 2. The number of hydrogen-bond donors (Lipinski definition) is 0. The van der Waals surface area contributed by atoms with E-state index in [9.17, 15) is 0 Å². The van der Waals surface area contributed by atoms with Crippen LogP contribution in [0.3, 0.4) is 0 Å². The van der Waals surface area contributed by atoms with Gasteiger partial charge in [0.25, 0.3) is 0 Å². The lowest BCUT2D eigenvalue weighted by molar-refractivity contribution is -0.923. The zero-order valence-electron chi connectivity index (χ0n) is 26.2. The molecular formula is C36H62N2+2. The van der Waals surface area contributed by atoms with E-state index in [2.05, 4.69) is 90.3 Å².